The quantitative estimate of drug-likeness (QED) is 0.156. The molecular weight excluding hydrogens is 498 g/mol. The molecule has 4 atom stereocenters. The summed E-state index contributed by atoms with van der Waals surface area (Å²) >= 11 is 0. The lowest BCUT2D eigenvalue weighted by molar-refractivity contribution is -0.384. The molecule has 188 valence electrons. The fraction of sp³-hybridized carbons (Fsp3) is 0.381. The Bertz CT molecular complexity index is 1410. The van der Waals surface area contributed by atoms with Crippen LogP contribution < -0.4 is 0 Å². The van der Waals surface area contributed by atoms with Crippen molar-refractivity contribution >= 4 is 33.4 Å². The normalized spacial score (nSPS) is 25.9. The van der Waals surface area contributed by atoms with Crippen molar-refractivity contribution in [3.63, 3.8) is 0 Å². The standard InChI is InChI=1S/C21H19N5O9S/c1-4-9-34-17(27)15-10-22-23-25(15)21(3)19(29)24-16(12(2)36(32,33)20(21)24)18(28)35-11-13-5-7-14(8-6-13)26(30)31/h1,5-8,10,12,16,20H,9,11H2,2-3H3/t12-,16-,20+,21?/m1/s1. The Balaban J connectivity index is 1.58. The molecule has 2 aliphatic rings. The molecule has 15 heteroatoms. The van der Waals surface area contributed by atoms with Gasteiger partial charge in [-0.25, -0.2) is 22.7 Å². The third-order valence-electron chi connectivity index (χ3n) is 6.23. The first-order valence-electron chi connectivity index (χ1n) is 10.4. The van der Waals surface area contributed by atoms with Gasteiger partial charge >= 0.3 is 11.9 Å². The second kappa shape index (κ2) is 8.72. The number of carbonyl (C=O) groups is 3. The Labute approximate surface area is 204 Å². The minimum Gasteiger partial charge on any atom is -0.459 e. The fourth-order valence-corrected chi connectivity index (χ4v) is 6.78. The molecule has 1 unspecified atom stereocenters. The average molecular weight is 517 g/mol. The van der Waals surface area contributed by atoms with Gasteiger partial charge in [-0.05, 0) is 31.5 Å². The zero-order valence-corrected chi connectivity index (χ0v) is 19.7. The van der Waals surface area contributed by atoms with Crippen LogP contribution in [0.25, 0.3) is 0 Å². The van der Waals surface area contributed by atoms with Crippen molar-refractivity contribution in [1.29, 1.82) is 0 Å². The van der Waals surface area contributed by atoms with E-state index in [1.807, 2.05) is 0 Å². The fourth-order valence-electron chi connectivity index (χ4n) is 4.39. The van der Waals surface area contributed by atoms with Gasteiger partial charge in [-0.3, -0.25) is 14.9 Å². The number of nitrogens with zero attached hydrogens (tertiary/aromatic N) is 5. The molecule has 0 spiro atoms. The second-order valence-corrected chi connectivity index (χ2v) is 10.7. The Kier molecular flexibility index (Phi) is 6.00. The molecule has 2 fully saturated rings. The average Bonchev–Trinajstić information content (AvgIpc) is 3.41. The van der Waals surface area contributed by atoms with Crippen LogP contribution in [0.15, 0.2) is 30.5 Å². The molecule has 2 saturated heterocycles. The van der Waals surface area contributed by atoms with Gasteiger partial charge in [0.15, 0.2) is 33.1 Å². The van der Waals surface area contributed by atoms with E-state index >= 15 is 0 Å². The summed E-state index contributed by atoms with van der Waals surface area (Å²) in [6, 6.07) is 3.80. The summed E-state index contributed by atoms with van der Waals surface area (Å²) in [5.74, 6) is -0.582. The number of nitro groups is 1. The van der Waals surface area contributed by atoms with Gasteiger partial charge in [0.2, 0.25) is 0 Å². The minimum absolute atomic E-state index is 0.149. The van der Waals surface area contributed by atoms with Crippen LogP contribution in [0, 0.1) is 22.5 Å². The molecule has 1 amide bonds. The number of nitro benzene ring substituents is 1. The van der Waals surface area contributed by atoms with Gasteiger partial charge in [0.1, 0.15) is 12.6 Å². The van der Waals surface area contributed by atoms with Crippen molar-refractivity contribution in [2.45, 2.75) is 42.7 Å². The number of terminal acetylenes is 1. The maximum atomic E-state index is 13.3. The van der Waals surface area contributed by atoms with Crippen LogP contribution in [0.3, 0.4) is 0 Å². The van der Waals surface area contributed by atoms with E-state index in [1.165, 1.54) is 38.1 Å². The van der Waals surface area contributed by atoms with Crippen molar-refractivity contribution in [3.05, 3.63) is 51.8 Å². The van der Waals surface area contributed by atoms with Crippen molar-refractivity contribution in [2.75, 3.05) is 6.61 Å². The lowest BCUT2D eigenvalue weighted by Gasteiger charge is -2.50. The molecule has 2 aliphatic heterocycles. The van der Waals surface area contributed by atoms with E-state index < -0.39 is 54.8 Å². The molecule has 0 radical (unpaired) electrons. The highest BCUT2D eigenvalue weighted by Crippen LogP contribution is 2.49. The number of carbonyl (C=O) groups excluding carboxylic acids is 3. The SMILES string of the molecule is C#CCOC(=O)c1cnnn1C1(C)C(=O)N2[C@H]1S(=O)(=O)[C@H](C)[C@@H]2C(=O)OCc1ccc([N+](=O)[O-])cc1. The summed E-state index contributed by atoms with van der Waals surface area (Å²) in [6.07, 6.45) is 6.10. The van der Waals surface area contributed by atoms with Crippen LogP contribution >= 0.6 is 0 Å². The van der Waals surface area contributed by atoms with Crippen LogP contribution in [-0.4, -0.2) is 74.4 Å². The molecule has 1 aromatic carbocycles. The van der Waals surface area contributed by atoms with E-state index in [9.17, 15) is 32.9 Å². The van der Waals surface area contributed by atoms with E-state index in [0.29, 0.717) is 5.56 Å². The molecular formula is C21H19N5O9S. The summed E-state index contributed by atoms with van der Waals surface area (Å²) < 4.78 is 37.5. The largest absolute Gasteiger partial charge is 0.459 e. The van der Waals surface area contributed by atoms with Gasteiger partial charge in [0.05, 0.1) is 16.4 Å². The smallest absolute Gasteiger partial charge is 0.359 e. The van der Waals surface area contributed by atoms with Crippen molar-refractivity contribution < 1.29 is 37.2 Å². The Morgan fingerprint density at radius 3 is 2.56 bits per heavy atom. The predicted molar refractivity (Wildman–Crippen MR) is 118 cm³/mol. The molecule has 2 aromatic rings. The lowest BCUT2D eigenvalue weighted by atomic mass is 9.88. The second-order valence-electron chi connectivity index (χ2n) is 8.29. The number of esters is 2. The maximum absolute atomic E-state index is 13.3. The van der Waals surface area contributed by atoms with Crippen molar-refractivity contribution in [2.24, 2.45) is 0 Å². The molecule has 0 bridgehead atoms. The number of sulfone groups is 1. The van der Waals surface area contributed by atoms with Crippen LogP contribution in [0.4, 0.5) is 5.69 Å². The number of β-lactam (4-membered cyclic amide) rings is 1. The number of fused-ring (bicyclic) bond motifs is 1. The number of aromatic nitrogens is 3. The van der Waals surface area contributed by atoms with Crippen LogP contribution in [-0.2, 0) is 41.0 Å². The summed E-state index contributed by atoms with van der Waals surface area (Å²) in [6.45, 7) is 1.90. The van der Waals surface area contributed by atoms with Gasteiger partial charge in [0, 0.05) is 12.1 Å². The topological polar surface area (TPSA) is 181 Å². The van der Waals surface area contributed by atoms with E-state index in [1.54, 1.807) is 0 Å². The number of non-ortho nitro benzene ring substituents is 1. The summed E-state index contributed by atoms with van der Waals surface area (Å²) in [4.78, 5) is 49.6. The Morgan fingerprint density at radius 1 is 1.28 bits per heavy atom. The van der Waals surface area contributed by atoms with Crippen LogP contribution in [0.5, 0.6) is 0 Å². The highest BCUT2D eigenvalue weighted by molar-refractivity contribution is 7.93. The Hall–Kier alpha value is -4.32. The Morgan fingerprint density at radius 2 is 1.94 bits per heavy atom. The maximum Gasteiger partial charge on any atom is 0.359 e. The van der Waals surface area contributed by atoms with E-state index in [-0.39, 0.29) is 24.6 Å². The van der Waals surface area contributed by atoms with Gasteiger partial charge in [0.25, 0.3) is 11.6 Å². The molecule has 0 aliphatic carbocycles. The highest BCUT2D eigenvalue weighted by atomic mass is 32.2. The zero-order valence-electron chi connectivity index (χ0n) is 18.9. The number of hydrogen-bond donors (Lipinski definition) is 0. The number of hydrogen-bond acceptors (Lipinski definition) is 11. The monoisotopic (exact) mass is 517 g/mol. The molecule has 1 aromatic heterocycles. The van der Waals surface area contributed by atoms with E-state index in [0.717, 1.165) is 15.8 Å². The third-order valence-corrected chi connectivity index (χ3v) is 8.83. The number of benzene rings is 1. The van der Waals surface area contributed by atoms with Crippen molar-refractivity contribution in [1.82, 2.24) is 19.9 Å². The zero-order chi connectivity index (χ0) is 26.4. The summed E-state index contributed by atoms with van der Waals surface area (Å²) in [5.41, 5.74) is -1.88. The summed E-state index contributed by atoms with van der Waals surface area (Å²) in [5, 5.41) is 15.3. The van der Waals surface area contributed by atoms with Gasteiger partial charge < -0.3 is 14.4 Å². The lowest BCUT2D eigenvalue weighted by Crippen LogP contribution is -2.74. The van der Waals surface area contributed by atoms with E-state index in [4.69, 9.17) is 15.9 Å². The minimum atomic E-state index is -4.13. The molecule has 3 heterocycles. The van der Waals surface area contributed by atoms with E-state index in [2.05, 4.69) is 16.2 Å². The molecule has 0 saturated carbocycles. The van der Waals surface area contributed by atoms with Crippen LogP contribution in [0.2, 0.25) is 0 Å². The van der Waals surface area contributed by atoms with Crippen LogP contribution in [0.1, 0.15) is 29.9 Å². The molecule has 14 nitrogen and oxygen atoms in total. The molecule has 0 N–H and O–H groups in total. The first kappa shape index (κ1) is 24.8. The molecule has 4 rings (SSSR count). The van der Waals surface area contributed by atoms with Crippen molar-refractivity contribution in [3.8, 4) is 12.3 Å². The van der Waals surface area contributed by atoms with Gasteiger partial charge in [-0.1, -0.05) is 11.1 Å². The predicted octanol–water partition coefficient (Wildman–Crippen LogP) is -0.211. The highest BCUT2D eigenvalue weighted by Gasteiger charge is 2.75. The number of amides is 1. The summed E-state index contributed by atoms with van der Waals surface area (Å²) in [7, 11) is -4.13. The van der Waals surface area contributed by atoms with Gasteiger partial charge in [-0.15, -0.1) is 11.5 Å². The first-order chi connectivity index (χ1) is 17.0. The number of ether oxygens (including phenoxy) is 2. The third kappa shape index (κ3) is 3.57. The molecule has 36 heavy (non-hydrogen) atoms. The van der Waals surface area contributed by atoms with Gasteiger partial charge in [-0.2, -0.15) is 0 Å². The number of rotatable bonds is 7. The first-order valence-corrected chi connectivity index (χ1v) is 12.0.